The molecule has 1 N–H and O–H groups in total. The van der Waals surface area contributed by atoms with Gasteiger partial charge in [0, 0.05) is 37.9 Å². The Morgan fingerprint density at radius 1 is 0.968 bits per heavy atom. The molecule has 1 fully saturated rings. The second-order valence-electron chi connectivity index (χ2n) is 7.63. The van der Waals surface area contributed by atoms with E-state index in [4.69, 9.17) is 4.74 Å². The van der Waals surface area contributed by atoms with Crippen LogP contribution in [0, 0.1) is 13.8 Å². The minimum absolute atomic E-state index is 0.00213. The second-order valence-corrected chi connectivity index (χ2v) is 7.63. The molecule has 7 nitrogen and oxygen atoms in total. The number of aryl methyl sites for hydroxylation is 2. The Balaban J connectivity index is 1.44. The molecule has 3 aromatic rings. The number of hydrogen-bond donors (Lipinski definition) is 1. The van der Waals surface area contributed by atoms with Gasteiger partial charge in [0.15, 0.2) is 0 Å². The summed E-state index contributed by atoms with van der Waals surface area (Å²) in [5, 5.41) is 3.36. The second kappa shape index (κ2) is 9.04. The van der Waals surface area contributed by atoms with E-state index in [2.05, 4.69) is 39.2 Å². The highest BCUT2D eigenvalue weighted by molar-refractivity contribution is 5.97. The molecule has 0 aliphatic carbocycles. The standard InChI is InChI=1S/C24H27N5O2/c1-17-8-10-19(11-9-17)27-22-16-23(26-18(2)25-22)28-12-14-29(15-13-28)24(30)20-6-4-5-7-21(20)31-3/h4-11,16H,12-15H2,1-3H3,(H,25,26,27). The highest BCUT2D eigenvalue weighted by Crippen LogP contribution is 2.23. The zero-order valence-electron chi connectivity index (χ0n) is 18.1. The van der Waals surface area contributed by atoms with E-state index in [9.17, 15) is 4.79 Å². The quantitative estimate of drug-likeness (QED) is 0.681. The molecule has 2 heterocycles. The molecule has 0 saturated carbocycles. The fourth-order valence-corrected chi connectivity index (χ4v) is 3.69. The first-order chi connectivity index (χ1) is 15.0. The van der Waals surface area contributed by atoms with Gasteiger partial charge in [-0.2, -0.15) is 0 Å². The van der Waals surface area contributed by atoms with Crippen molar-refractivity contribution in [2.24, 2.45) is 0 Å². The predicted molar refractivity (Wildman–Crippen MR) is 122 cm³/mol. The smallest absolute Gasteiger partial charge is 0.257 e. The van der Waals surface area contributed by atoms with Gasteiger partial charge in [0.1, 0.15) is 23.2 Å². The van der Waals surface area contributed by atoms with Crippen molar-refractivity contribution in [2.75, 3.05) is 43.5 Å². The Hall–Kier alpha value is -3.61. The number of ether oxygens (including phenoxy) is 1. The maximum Gasteiger partial charge on any atom is 0.257 e. The zero-order chi connectivity index (χ0) is 21.8. The average Bonchev–Trinajstić information content (AvgIpc) is 2.80. The molecule has 1 aliphatic rings. The highest BCUT2D eigenvalue weighted by atomic mass is 16.5. The van der Waals surface area contributed by atoms with Crippen molar-refractivity contribution in [1.29, 1.82) is 0 Å². The maximum atomic E-state index is 12.9. The number of para-hydroxylation sites is 1. The summed E-state index contributed by atoms with van der Waals surface area (Å²) in [5.74, 6) is 2.94. The van der Waals surface area contributed by atoms with Crippen LogP contribution in [0.5, 0.6) is 5.75 Å². The van der Waals surface area contributed by atoms with E-state index in [1.165, 1.54) is 5.56 Å². The summed E-state index contributed by atoms with van der Waals surface area (Å²) < 4.78 is 5.35. The number of methoxy groups -OCH3 is 1. The zero-order valence-corrected chi connectivity index (χ0v) is 18.1. The number of benzene rings is 2. The number of hydrogen-bond acceptors (Lipinski definition) is 6. The Bertz CT molecular complexity index is 1060. The Kier molecular flexibility index (Phi) is 6.02. The first-order valence-electron chi connectivity index (χ1n) is 10.4. The minimum Gasteiger partial charge on any atom is -0.496 e. The van der Waals surface area contributed by atoms with E-state index in [0.717, 1.165) is 17.3 Å². The van der Waals surface area contributed by atoms with Crippen LogP contribution in [0.25, 0.3) is 0 Å². The van der Waals surface area contributed by atoms with Crippen LogP contribution >= 0.6 is 0 Å². The molecule has 1 aliphatic heterocycles. The van der Waals surface area contributed by atoms with Gasteiger partial charge in [-0.05, 0) is 38.1 Å². The van der Waals surface area contributed by atoms with Crippen LogP contribution in [0.15, 0.2) is 54.6 Å². The summed E-state index contributed by atoms with van der Waals surface area (Å²) in [6, 6.07) is 17.5. The van der Waals surface area contributed by atoms with Crippen molar-refractivity contribution in [3.05, 3.63) is 71.5 Å². The third kappa shape index (κ3) is 4.77. The number of piperazine rings is 1. The number of rotatable bonds is 5. The van der Waals surface area contributed by atoms with E-state index in [1.807, 2.05) is 54.3 Å². The van der Waals surface area contributed by atoms with Crippen LogP contribution in [0.3, 0.4) is 0 Å². The molecule has 0 spiro atoms. The molecule has 0 bridgehead atoms. The highest BCUT2D eigenvalue weighted by Gasteiger charge is 2.25. The number of amides is 1. The van der Waals surface area contributed by atoms with Crippen LogP contribution in [-0.2, 0) is 0 Å². The first kappa shape index (κ1) is 20.7. The molecule has 1 aromatic heterocycles. The van der Waals surface area contributed by atoms with Gasteiger partial charge in [0.05, 0.1) is 12.7 Å². The van der Waals surface area contributed by atoms with Crippen LogP contribution in [-0.4, -0.2) is 54.1 Å². The molecule has 4 rings (SSSR count). The van der Waals surface area contributed by atoms with Gasteiger partial charge in [-0.15, -0.1) is 0 Å². The Morgan fingerprint density at radius 2 is 1.68 bits per heavy atom. The van der Waals surface area contributed by atoms with Crippen molar-refractivity contribution in [1.82, 2.24) is 14.9 Å². The summed E-state index contributed by atoms with van der Waals surface area (Å²) in [4.78, 5) is 26.2. The summed E-state index contributed by atoms with van der Waals surface area (Å²) in [6.45, 7) is 6.63. The van der Waals surface area contributed by atoms with Crippen LogP contribution in [0.4, 0.5) is 17.3 Å². The van der Waals surface area contributed by atoms with Crippen LogP contribution < -0.4 is 15.0 Å². The largest absolute Gasteiger partial charge is 0.496 e. The van der Waals surface area contributed by atoms with E-state index in [-0.39, 0.29) is 5.91 Å². The van der Waals surface area contributed by atoms with Crippen molar-refractivity contribution in [3.63, 3.8) is 0 Å². The number of anilines is 3. The molecule has 2 aromatic carbocycles. The molecule has 0 radical (unpaired) electrons. The lowest BCUT2D eigenvalue weighted by Crippen LogP contribution is -2.49. The minimum atomic E-state index is -0.00213. The fourth-order valence-electron chi connectivity index (χ4n) is 3.69. The van der Waals surface area contributed by atoms with E-state index >= 15 is 0 Å². The third-order valence-electron chi connectivity index (χ3n) is 5.38. The lowest BCUT2D eigenvalue weighted by Gasteiger charge is -2.35. The number of aromatic nitrogens is 2. The topological polar surface area (TPSA) is 70.6 Å². The molecule has 1 amide bonds. The normalized spacial score (nSPS) is 13.8. The van der Waals surface area contributed by atoms with Crippen molar-refractivity contribution in [3.8, 4) is 5.75 Å². The lowest BCUT2D eigenvalue weighted by atomic mass is 10.1. The molecule has 7 heteroatoms. The van der Waals surface area contributed by atoms with E-state index in [0.29, 0.717) is 43.3 Å². The summed E-state index contributed by atoms with van der Waals surface area (Å²) in [6.07, 6.45) is 0. The third-order valence-corrected chi connectivity index (χ3v) is 5.38. The number of carbonyl (C=O) groups excluding carboxylic acids is 1. The van der Waals surface area contributed by atoms with Gasteiger partial charge in [0.2, 0.25) is 0 Å². The van der Waals surface area contributed by atoms with Gasteiger partial charge >= 0.3 is 0 Å². The lowest BCUT2D eigenvalue weighted by molar-refractivity contribution is 0.0743. The monoisotopic (exact) mass is 417 g/mol. The van der Waals surface area contributed by atoms with Crippen LogP contribution in [0.2, 0.25) is 0 Å². The number of carbonyl (C=O) groups is 1. The van der Waals surface area contributed by atoms with Gasteiger partial charge in [-0.25, -0.2) is 9.97 Å². The first-order valence-corrected chi connectivity index (χ1v) is 10.4. The maximum absolute atomic E-state index is 12.9. The summed E-state index contributed by atoms with van der Waals surface area (Å²) in [5.41, 5.74) is 2.80. The fraction of sp³-hybridized carbons (Fsp3) is 0.292. The molecule has 0 unspecified atom stereocenters. The molecule has 31 heavy (non-hydrogen) atoms. The molecule has 160 valence electrons. The van der Waals surface area contributed by atoms with Gasteiger partial charge < -0.3 is 19.9 Å². The van der Waals surface area contributed by atoms with Gasteiger partial charge in [0.25, 0.3) is 5.91 Å². The average molecular weight is 418 g/mol. The van der Waals surface area contributed by atoms with Crippen LogP contribution in [0.1, 0.15) is 21.7 Å². The van der Waals surface area contributed by atoms with Crippen molar-refractivity contribution < 1.29 is 9.53 Å². The van der Waals surface area contributed by atoms with Crippen molar-refractivity contribution >= 4 is 23.2 Å². The Morgan fingerprint density at radius 3 is 2.39 bits per heavy atom. The van der Waals surface area contributed by atoms with E-state index < -0.39 is 0 Å². The van der Waals surface area contributed by atoms with Gasteiger partial charge in [-0.1, -0.05) is 29.8 Å². The predicted octanol–water partition coefficient (Wildman–Crippen LogP) is 3.81. The number of nitrogens with one attached hydrogen (secondary N) is 1. The summed E-state index contributed by atoms with van der Waals surface area (Å²) in [7, 11) is 1.59. The SMILES string of the molecule is COc1ccccc1C(=O)N1CCN(c2cc(Nc3ccc(C)cc3)nc(C)n2)CC1. The molecule has 0 atom stereocenters. The summed E-state index contributed by atoms with van der Waals surface area (Å²) >= 11 is 0. The molecular weight excluding hydrogens is 390 g/mol. The van der Waals surface area contributed by atoms with Crippen molar-refractivity contribution in [2.45, 2.75) is 13.8 Å². The number of nitrogens with zero attached hydrogens (tertiary/aromatic N) is 4. The molecule has 1 saturated heterocycles. The Labute approximate surface area is 182 Å². The van der Waals surface area contributed by atoms with E-state index in [1.54, 1.807) is 7.11 Å². The molecular formula is C24H27N5O2. The van der Waals surface area contributed by atoms with Gasteiger partial charge in [-0.3, -0.25) is 4.79 Å².